The summed E-state index contributed by atoms with van der Waals surface area (Å²) in [6, 6.07) is 8.05. The van der Waals surface area contributed by atoms with Gasteiger partial charge >= 0.3 is 0 Å². The van der Waals surface area contributed by atoms with Gasteiger partial charge in [0.05, 0.1) is 13.2 Å². The van der Waals surface area contributed by atoms with Crippen LogP contribution in [0.25, 0.3) is 0 Å². The van der Waals surface area contributed by atoms with Crippen molar-refractivity contribution in [2.24, 2.45) is 0 Å². The lowest BCUT2D eigenvalue weighted by Gasteiger charge is -2.14. The Bertz CT molecular complexity index is 254. The van der Waals surface area contributed by atoms with Crippen molar-refractivity contribution in [2.75, 3.05) is 14.2 Å². The fourth-order valence-corrected chi connectivity index (χ4v) is 1.50. The molecule has 1 aromatic rings. The molecule has 1 unspecified atom stereocenters. The lowest BCUT2D eigenvalue weighted by atomic mass is 10.1. The van der Waals surface area contributed by atoms with Crippen LogP contribution in [0.2, 0.25) is 0 Å². The molecule has 0 amide bonds. The Hall–Kier alpha value is -1.02. The Labute approximate surface area is 85.8 Å². The molecule has 0 aliphatic carbocycles. The maximum absolute atomic E-state index is 5.41. The standard InChI is InChI=1S/C12H18O2/c1-4-5-12(14-3)10-6-8-11(13-2)9-7-10/h6-9,12H,4-5H2,1-3H3. The van der Waals surface area contributed by atoms with Gasteiger partial charge in [0.1, 0.15) is 5.75 Å². The molecule has 1 aromatic carbocycles. The molecule has 0 saturated carbocycles. The fraction of sp³-hybridized carbons (Fsp3) is 0.500. The lowest BCUT2D eigenvalue weighted by Crippen LogP contribution is -2.00. The van der Waals surface area contributed by atoms with Crippen molar-refractivity contribution in [3.63, 3.8) is 0 Å². The van der Waals surface area contributed by atoms with Crippen molar-refractivity contribution < 1.29 is 9.47 Å². The van der Waals surface area contributed by atoms with E-state index in [0.29, 0.717) is 0 Å². The van der Waals surface area contributed by atoms with Crippen LogP contribution in [-0.4, -0.2) is 14.2 Å². The van der Waals surface area contributed by atoms with Crippen molar-refractivity contribution in [3.05, 3.63) is 29.8 Å². The predicted molar refractivity (Wildman–Crippen MR) is 57.7 cm³/mol. The van der Waals surface area contributed by atoms with Crippen LogP contribution in [0, 0.1) is 0 Å². The van der Waals surface area contributed by atoms with E-state index in [1.807, 2.05) is 12.1 Å². The van der Waals surface area contributed by atoms with Crippen LogP contribution in [0.4, 0.5) is 0 Å². The highest BCUT2D eigenvalue weighted by molar-refractivity contribution is 5.28. The zero-order valence-corrected chi connectivity index (χ0v) is 9.12. The van der Waals surface area contributed by atoms with Crippen LogP contribution in [0.3, 0.4) is 0 Å². The van der Waals surface area contributed by atoms with Crippen LogP contribution in [0.1, 0.15) is 31.4 Å². The van der Waals surface area contributed by atoms with Crippen LogP contribution >= 0.6 is 0 Å². The molecular weight excluding hydrogens is 176 g/mol. The number of ether oxygens (including phenoxy) is 2. The Kier molecular flexibility index (Phi) is 4.47. The molecule has 0 spiro atoms. The van der Waals surface area contributed by atoms with Crippen LogP contribution in [0.15, 0.2) is 24.3 Å². The topological polar surface area (TPSA) is 18.5 Å². The molecule has 2 nitrogen and oxygen atoms in total. The molecule has 1 atom stereocenters. The summed E-state index contributed by atoms with van der Waals surface area (Å²) in [5, 5.41) is 0. The summed E-state index contributed by atoms with van der Waals surface area (Å²) in [6.45, 7) is 2.16. The third-order valence-corrected chi connectivity index (χ3v) is 2.32. The zero-order valence-electron chi connectivity index (χ0n) is 9.12. The van der Waals surface area contributed by atoms with Crippen molar-refractivity contribution >= 4 is 0 Å². The van der Waals surface area contributed by atoms with Crippen molar-refractivity contribution in [1.82, 2.24) is 0 Å². The first-order valence-electron chi connectivity index (χ1n) is 4.98. The van der Waals surface area contributed by atoms with Gasteiger partial charge < -0.3 is 9.47 Å². The third-order valence-electron chi connectivity index (χ3n) is 2.32. The Morgan fingerprint density at radius 1 is 1.14 bits per heavy atom. The molecule has 2 heteroatoms. The minimum Gasteiger partial charge on any atom is -0.497 e. The first kappa shape index (κ1) is 11.1. The number of hydrogen-bond donors (Lipinski definition) is 0. The Morgan fingerprint density at radius 3 is 2.21 bits per heavy atom. The number of hydrogen-bond acceptors (Lipinski definition) is 2. The third kappa shape index (κ3) is 2.74. The van der Waals surface area contributed by atoms with E-state index >= 15 is 0 Å². The average molecular weight is 194 g/mol. The minimum atomic E-state index is 0.214. The van der Waals surface area contributed by atoms with Gasteiger partial charge in [0.25, 0.3) is 0 Å². The van der Waals surface area contributed by atoms with Gasteiger partial charge in [-0.15, -0.1) is 0 Å². The normalized spacial score (nSPS) is 12.5. The summed E-state index contributed by atoms with van der Waals surface area (Å²) >= 11 is 0. The average Bonchev–Trinajstić information content (AvgIpc) is 2.26. The van der Waals surface area contributed by atoms with Gasteiger partial charge in [0.15, 0.2) is 0 Å². The smallest absolute Gasteiger partial charge is 0.118 e. The SMILES string of the molecule is CCCC(OC)c1ccc(OC)cc1. The van der Waals surface area contributed by atoms with Crippen molar-refractivity contribution in [1.29, 1.82) is 0 Å². The molecule has 14 heavy (non-hydrogen) atoms. The van der Waals surface area contributed by atoms with Crippen molar-refractivity contribution in [3.8, 4) is 5.75 Å². The van der Waals surface area contributed by atoms with Crippen LogP contribution < -0.4 is 4.74 Å². The summed E-state index contributed by atoms with van der Waals surface area (Å²) in [4.78, 5) is 0. The molecule has 78 valence electrons. The van der Waals surface area contributed by atoms with E-state index in [-0.39, 0.29) is 6.10 Å². The van der Waals surface area contributed by atoms with Gasteiger partial charge in [-0.05, 0) is 24.1 Å². The molecule has 0 bridgehead atoms. The molecule has 0 fully saturated rings. The molecule has 0 N–H and O–H groups in total. The Morgan fingerprint density at radius 2 is 1.79 bits per heavy atom. The van der Waals surface area contributed by atoms with E-state index in [2.05, 4.69) is 19.1 Å². The first-order chi connectivity index (χ1) is 6.81. The van der Waals surface area contributed by atoms with Gasteiger partial charge in [0, 0.05) is 7.11 Å². The molecular formula is C12H18O2. The largest absolute Gasteiger partial charge is 0.497 e. The number of methoxy groups -OCH3 is 2. The maximum Gasteiger partial charge on any atom is 0.118 e. The second-order valence-electron chi connectivity index (χ2n) is 3.29. The predicted octanol–water partition coefficient (Wildman–Crippen LogP) is 3.18. The quantitative estimate of drug-likeness (QED) is 0.716. The Balaban J connectivity index is 2.73. The second kappa shape index (κ2) is 5.66. The van der Waals surface area contributed by atoms with Gasteiger partial charge in [0.2, 0.25) is 0 Å². The van der Waals surface area contributed by atoms with E-state index in [4.69, 9.17) is 9.47 Å². The molecule has 0 aliphatic rings. The molecule has 1 rings (SSSR count). The van der Waals surface area contributed by atoms with E-state index in [0.717, 1.165) is 18.6 Å². The summed E-state index contributed by atoms with van der Waals surface area (Å²) < 4.78 is 10.5. The van der Waals surface area contributed by atoms with E-state index in [1.54, 1.807) is 14.2 Å². The fourth-order valence-electron chi connectivity index (χ4n) is 1.50. The van der Waals surface area contributed by atoms with Crippen molar-refractivity contribution in [2.45, 2.75) is 25.9 Å². The molecule has 0 radical (unpaired) electrons. The van der Waals surface area contributed by atoms with Gasteiger partial charge in [-0.2, -0.15) is 0 Å². The summed E-state index contributed by atoms with van der Waals surface area (Å²) in [5.41, 5.74) is 1.22. The summed E-state index contributed by atoms with van der Waals surface area (Å²) in [6.07, 6.45) is 2.40. The molecule has 0 aliphatic heterocycles. The molecule has 0 saturated heterocycles. The maximum atomic E-state index is 5.41. The summed E-state index contributed by atoms with van der Waals surface area (Å²) in [5.74, 6) is 0.889. The number of benzene rings is 1. The summed E-state index contributed by atoms with van der Waals surface area (Å²) in [7, 11) is 3.43. The molecule has 0 aromatic heterocycles. The lowest BCUT2D eigenvalue weighted by molar-refractivity contribution is 0.0950. The van der Waals surface area contributed by atoms with E-state index in [9.17, 15) is 0 Å². The highest BCUT2D eigenvalue weighted by atomic mass is 16.5. The van der Waals surface area contributed by atoms with E-state index < -0.39 is 0 Å². The number of rotatable bonds is 5. The van der Waals surface area contributed by atoms with Crippen LogP contribution in [-0.2, 0) is 4.74 Å². The minimum absolute atomic E-state index is 0.214. The van der Waals surface area contributed by atoms with Gasteiger partial charge in [-0.25, -0.2) is 0 Å². The van der Waals surface area contributed by atoms with E-state index in [1.165, 1.54) is 5.56 Å². The monoisotopic (exact) mass is 194 g/mol. The van der Waals surface area contributed by atoms with Gasteiger partial charge in [-0.1, -0.05) is 25.5 Å². The first-order valence-corrected chi connectivity index (χ1v) is 4.98. The molecule has 0 heterocycles. The highest BCUT2D eigenvalue weighted by Crippen LogP contribution is 2.23. The van der Waals surface area contributed by atoms with Crippen LogP contribution in [0.5, 0.6) is 5.75 Å². The van der Waals surface area contributed by atoms with Gasteiger partial charge in [-0.3, -0.25) is 0 Å². The zero-order chi connectivity index (χ0) is 10.4. The second-order valence-corrected chi connectivity index (χ2v) is 3.29. The highest BCUT2D eigenvalue weighted by Gasteiger charge is 2.08.